The number of rotatable bonds is 5. The van der Waals surface area contributed by atoms with Gasteiger partial charge in [-0.15, -0.1) is 0 Å². The second-order valence-electron chi connectivity index (χ2n) is 6.92. The highest BCUT2D eigenvalue weighted by Gasteiger charge is 2.28. The van der Waals surface area contributed by atoms with Crippen LogP contribution in [0.2, 0.25) is 0 Å². The standard InChI is InChI=1S/C20H28BrN5O/c1-4-23-20(24-12-16-11-17(21)5-6-19(16)27-3)25-9-7-15(2)18(13-25)26-10-8-22-14-26/h5-6,8,10-11,14-15,18H,4,7,9,12-13H2,1-3H3,(H,23,24). The van der Waals surface area contributed by atoms with Gasteiger partial charge in [0.15, 0.2) is 5.96 Å². The summed E-state index contributed by atoms with van der Waals surface area (Å²) in [4.78, 5) is 11.5. The van der Waals surface area contributed by atoms with E-state index in [1.807, 2.05) is 24.7 Å². The number of nitrogens with one attached hydrogen (secondary N) is 1. The predicted molar refractivity (Wildman–Crippen MR) is 112 cm³/mol. The lowest BCUT2D eigenvalue weighted by Gasteiger charge is -2.39. The molecule has 1 saturated heterocycles. The Hall–Kier alpha value is -2.02. The Kier molecular flexibility index (Phi) is 6.77. The minimum Gasteiger partial charge on any atom is -0.496 e. The third kappa shape index (κ3) is 4.83. The zero-order valence-electron chi connectivity index (χ0n) is 16.2. The molecule has 0 aliphatic carbocycles. The largest absolute Gasteiger partial charge is 0.496 e. The summed E-state index contributed by atoms with van der Waals surface area (Å²) >= 11 is 3.54. The molecule has 1 aromatic heterocycles. The number of hydrogen-bond acceptors (Lipinski definition) is 3. The summed E-state index contributed by atoms with van der Waals surface area (Å²) in [5, 5.41) is 3.45. The summed E-state index contributed by atoms with van der Waals surface area (Å²) in [6.07, 6.45) is 6.96. The number of benzene rings is 1. The molecule has 0 radical (unpaired) electrons. The smallest absolute Gasteiger partial charge is 0.194 e. The van der Waals surface area contributed by atoms with E-state index in [1.54, 1.807) is 7.11 Å². The van der Waals surface area contributed by atoms with Crippen molar-refractivity contribution in [2.75, 3.05) is 26.7 Å². The van der Waals surface area contributed by atoms with E-state index in [0.29, 0.717) is 18.5 Å². The van der Waals surface area contributed by atoms with Gasteiger partial charge in [0.1, 0.15) is 5.75 Å². The van der Waals surface area contributed by atoms with E-state index in [-0.39, 0.29) is 0 Å². The van der Waals surface area contributed by atoms with Crippen LogP contribution < -0.4 is 10.1 Å². The minimum absolute atomic E-state index is 0.408. The normalized spacial score (nSPS) is 20.6. The molecule has 7 heteroatoms. The zero-order chi connectivity index (χ0) is 19.2. The molecule has 27 heavy (non-hydrogen) atoms. The SMILES string of the molecule is CCNC(=NCc1cc(Br)ccc1OC)N1CCC(C)C(n2ccnc2)C1. The number of hydrogen-bond donors (Lipinski definition) is 1. The lowest BCUT2D eigenvalue weighted by atomic mass is 9.93. The Labute approximate surface area is 169 Å². The van der Waals surface area contributed by atoms with Gasteiger partial charge >= 0.3 is 0 Å². The van der Waals surface area contributed by atoms with Gasteiger partial charge < -0.3 is 19.5 Å². The molecule has 2 atom stereocenters. The number of piperidine rings is 1. The molecule has 0 saturated carbocycles. The fraction of sp³-hybridized carbons (Fsp3) is 0.500. The molecule has 2 unspecified atom stereocenters. The number of methoxy groups -OCH3 is 1. The molecule has 0 spiro atoms. The molecule has 1 aromatic carbocycles. The maximum Gasteiger partial charge on any atom is 0.194 e. The lowest BCUT2D eigenvalue weighted by molar-refractivity contribution is 0.189. The number of likely N-dealkylation sites (tertiary alicyclic amines) is 1. The van der Waals surface area contributed by atoms with E-state index in [0.717, 1.165) is 47.8 Å². The van der Waals surface area contributed by atoms with Crippen LogP contribution in [0.3, 0.4) is 0 Å². The molecular formula is C20H28BrN5O. The Bertz CT molecular complexity index is 762. The highest BCUT2D eigenvalue weighted by atomic mass is 79.9. The van der Waals surface area contributed by atoms with Gasteiger partial charge in [-0.3, -0.25) is 0 Å². The first kappa shape index (κ1) is 19.7. The summed E-state index contributed by atoms with van der Waals surface area (Å²) in [5.74, 6) is 2.43. The molecule has 1 aliphatic heterocycles. The van der Waals surface area contributed by atoms with Crippen LogP contribution in [-0.4, -0.2) is 47.2 Å². The number of halogens is 1. The van der Waals surface area contributed by atoms with Gasteiger partial charge in [0.05, 0.1) is 26.0 Å². The van der Waals surface area contributed by atoms with Gasteiger partial charge in [0.25, 0.3) is 0 Å². The fourth-order valence-corrected chi connectivity index (χ4v) is 3.96. The summed E-state index contributed by atoms with van der Waals surface area (Å²) in [6.45, 7) is 7.78. The third-order valence-electron chi connectivity index (χ3n) is 5.10. The number of nitrogens with zero attached hydrogens (tertiary/aromatic N) is 4. The third-order valence-corrected chi connectivity index (χ3v) is 5.60. The van der Waals surface area contributed by atoms with Crippen LogP contribution >= 0.6 is 15.9 Å². The quantitative estimate of drug-likeness (QED) is 0.576. The van der Waals surface area contributed by atoms with Crippen LogP contribution in [0.5, 0.6) is 5.75 Å². The summed E-state index contributed by atoms with van der Waals surface area (Å²) in [5.41, 5.74) is 1.07. The van der Waals surface area contributed by atoms with E-state index in [4.69, 9.17) is 9.73 Å². The number of imidazole rings is 1. The van der Waals surface area contributed by atoms with Crippen LogP contribution in [0.1, 0.15) is 31.9 Å². The summed E-state index contributed by atoms with van der Waals surface area (Å²) in [6, 6.07) is 6.43. The van der Waals surface area contributed by atoms with Crippen LogP contribution in [-0.2, 0) is 6.54 Å². The van der Waals surface area contributed by atoms with Crippen LogP contribution in [0.4, 0.5) is 0 Å². The average Bonchev–Trinajstić information content (AvgIpc) is 3.20. The van der Waals surface area contributed by atoms with Crippen LogP contribution in [0.25, 0.3) is 0 Å². The van der Waals surface area contributed by atoms with Gasteiger partial charge in [-0.05, 0) is 37.5 Å². The molecule has 0 amide bonds. The second kappa shape index (κ2) is 9.26. The Morgan fingerprint density at radius 3 is 3.00 bits per heavy atom. The molecule has 0 bridgehead atoms. The highest BCUT2D eigenvalue weighted by Crippen LogP contribution is 2.28. The van der Waals surface area contributed by atoms with Crippen LogP contribution in [0, 0.1) is 5.92 Å². The van der Waals surface area contributed by atoms with Crippen molar-refractivity contribution in [1.82, 2.24) is 19.8 Å². The van der Waals surface area contributed by atoms with E-state index in [9.17, 15) is 0 Å². The van der Waals surface area contributed by atoms with Crippen LogP contribution in [0.15, 0.2) is 46.4 Å². The number of aromatic nitrogens is 2. The average molecular weight is 434 g/mol. The molecule has 146 valence electrons. The first-order chi connectivity index (χ1) is 13.1. The Morgan fingerprint density at radius 2 is 2.30 bits per heavy atom. The van der Waals surface area contributed by atoms with Gasteiger partial charge in [-0.2, -0.15) is 0 Å². The van der Waals surface area contributed by atoms with Crippen molar-refractivity contribution in [3.8, 4) is 5.75 Å². The molecular weight excluding hydrogens is 406 g/mol. The predicted octanol–water partition coefficient (Wildman–Crippen LogP) is 3.70. The Morgan fingerprint density at radius 1 is 1.44 bits per heavy atom. The maximum absolute atomic E-state index is 5.48. The first-order valence-electron chi connectivity index (χ1n) is 9.45. The van der Waals surface area contributed by atoms with E-state index >= 15 is 0 Å². The maximum atomic E-state index is 5.48. The first-order valence-corrected chi connectivity index (χ1v) is 10.2. The molecule has 1 fully saturated rings. The van der Waals surface area contributed by atoms with Crippen molar-refractivity contribution in [2.45, 2.75) is 32.9 Å². The molecule has 1 N–H and O–H groups in total. The van der Waals surface area contributed by atoms with Crippen molar-refractivity contribution in [2.24, 2.45) is 10.9 Å². The van der Waals surface area contributed by atoms with Crippen molar-refractivity contribution in [1.29, 1.82) is 0 Å². The van der Waals surface area contributed by atoms with E-state index in [2.05, 4.69) is 61.8 Å². The van der Waals surface area contributed by atoms with Crippen molar-refractivity contribution in [3.05, 3.63) is 47.0 Å². The monoisotopic (exact) mass is 433 g/mol. The van der Waals surface area contributed by atoms with Gasteiger partial charge in [-0.25, -0.2) is 9.98 Å². The number of aliphatic imine (C=N–C) groups is 1. The molecule has 2 heterocycles. The molecule has 2 aromatic rings. The second-order valence-corrected chi connectivity index (χ2v) is 7.83. The van der Waals surface area contributed by atoms with Crippen molar-refractivity contribution >= 4 is 21.9 Å². The molecule has 6 nitrogen and oxygen atoms in total. The van der Waals surface area contributed by atoms with Gasteiger partial charge in [0.2, 0.25) is 0 Å². The highest BCUT2D eigenvalue weighted by molar-refractivity contribution is 9.10. The van der Waals surface area contributed by atoms with Crippen molar-refractivity contribution in [3.63, 3.8) is 0 Å². The lowest BCUT2D eigenvalue weighted by Crippen LogP contribution is -2.49. The molecule has 1 aliphatic rings. The van der Waals surface area contributed by atoms with Gasteiger partial charge in [0, 0.05) is 42.1 Å². The van der Waals surface area contributed by atoms with E-state index < -0.39 is 0 Å². The minimum atomic E-state index is 0.408. The van der Waals surface area contributed by atoms with Crippen molar-refractivity contribution < 1.29 is 4.74 Å². The summed E-state index contributed by atoms with van der Waals surface area (Å²) < 4.78 is 8.74. The summed E-state index contributed by atoms with van der Waals surface area (Å²) in [7, 11) is 1.70. The molecule has 3 rings (SSSR count). The Balaban J connectivity index is 1.78. The van der Waals surface area contributed by atoms with E-state index in [1.165, 1.54) is 0 Å². The zero-order valence-corrected chi connectivity index (χ0v) is 17.8. The number of ether oxygens (including phenoxy) is 1. The topological polar surface area (TPSA) is 54.7 Å². The van der Waals surface area contributed by atoms with Gasteiger partial charge in [-0.1, -0.05) is 22.9 Å². The number of guanidine groups is 1. The fourth-order valence-electron chi connectivity index (χ4n) is 3.55.